The summed E-state index contributed by atoms with van der Waals surface area (Å²) in [5.74, 6) is -0.181. The first-order chi connectivity index (χ1) is 14.9. The van der Waals surface area contributed by atoms with Crippen LogP contribution in [-0.4, -0.2) is 21.6 Å². The maximum atomic E-state index is 14.7. The fourth-order valence-corrected chi connectivity index (χ4v) is 3.61. The Hall–Kier alpha value is -3.68. The Kier molecular flexibility index (Phi) is 5.46. The average molecular weight is 421 g/mol. The second-order valence-corrected chi connectivity index (χ2v) is 7.62. The summed E-state index contributed by atoms with van der Waals surface area (Å²) in [6.07, 6.45) is 2.05. The fourth-order valence-electron chi connectivity index (χ4n) is 3.61. The molecule has 8 heteroatoms. The van der Waals surface area contributed by atoms with Gasteiger partial charge in [-0.1, -0.05) is 19.1 Å². The van der Waals surface area contributed by atoms with Crippen molar-refractivity contribution in [1.82, 2.24) is 15.1 Å². The summed E-state index contributed by atoms with van der Waals surface area (Å²) in [6, 6.07) is 10.2. The van der Waals surface area contributed by atoms with Gasteiger partial charge in [0.15, 0.2) is 0 Å². The van der Waals surface area contributed by atoms with Gasteiger partial charge in [0.2, 0.25) is 5.91 Å². The van der Waals surface area contributed by atoms with Crippen LogP contribution in [0.2, 0.25) is 0 Å². The predicted octanol–water partition coefficient (Wildman–Crippen LogP) is 3.80. The Labute approximate surface area is 179 Å². The first kappa shape index (κ1) is 20.6. The Balaban J connectivity index is 1.67. The number of hydrogen-bond acceptors (Lipinski definition) is 4. The van der Waals surface area contributed by atoms with E-state index in [1.54, 1.807) is 34.8 Å². The Morgan fingerprint density at radius 3 is 2.77 bits per heavy atom. The van der Waals surface area contributed by atoms with Gasteiger partial charge in [-0.3, -0.25) is 14.3 Å². The number of carbonyl (C=O) groups excluding carboxylic acids is 2. The molecule has 0 radical (unpaired) electrons. The summed E-state index contributed by atoms with van der Waals surface area (Å²) in [5.41, 5.74) is 3.99. The van der Waals surface area contributed by atoms with Crippen molar-refractivity contribution in [2.24, 2.45) is 7.05 Å². The van der Waals surface area contributed by atoms with Crippen molar-refractivity contribution < 1.29 is 14.0 Å². The van der Waals surface area contributed by atoms with Gasteiger partial charge < -0.3 is 15.5 Å². The third-order valence-corrected chi connectivity index (χ3v) is 5.38. The topological polar surface area (TPSA) is 79.3 Å². The van der Waals surface area contributed by atoms with Crippen LogP contribution in [-0.2, 0) is 24.9 Å². The highest BCUT2D eigenvalue weighted by Gasteiger charge is 2.27. The number of fused-ring (bicyclic) bond motifs is 2. The number of amides is 2. The van der Waals surface area contributed by atoms with Gasteiger partial charge in [0, 0.05) is 36.7 Å². The molecule has 7 nitrogen and oxygen atoms in total. The molecule has 0 fully saturated rings. The van der Waals surface area contributed by atoms with Crippen LogP contribution in [0, 0.1) is 12.7 Å². The summed E-state index contributed by atoms with van der Waals surface area (Å²) in [6.45, 7) is 4.11. The molecule has 3 aromatic rings. The zero-order valence-electron chi connectivity index (χ0n) is 17.7. The van der Waals surface area contributed by atoms with Crippen molar-refractivity contribution in [3.8, 4) is 0 Å². The first-order valence-corrected chi connectivity index (χ1v) is 10.1. The SMILES string of the molecule is CCC(=O)NCc1ccc(C(=O)N2Cc3cnn(C)c3Nc3cc(C)ccc32)cc1F. The van der Waals surface area contributed by atoms with Crippen LogP contribution >= 0.6 is 0 Å². The summed E-state index contributed by atoms with van der Waals surface area (Å²) in [7, 11) is 1.84. The molecule has 0 unspecified atom stereocenters. The van der Waals surface area contributed by atoms with Crippen molar-refractivity contribution in [1.29, 1.82) is 0 Å². The number of nitrogens with zero attached hydrogens (tertiary/aromatic N) is 3. The van der Waals surface area contributed by atoms with Gasteiger partial charge in [-0.25, -0.2) is 4.39 Å². The van der Waals surface area contributed by atoms with Crippen molar-refractivity contribution >= 4 is 29.0 Å². The van der Waals surface area contributed by atoms with E-state index in [0.717, 1.165) is 22.6 Å². The van der Waals surface area contributed by atoms with E-state index in [1.807, 2.05) is 32.2 Å². The van der Waals surface area contributed by atoms with Crippen molar-refractivity contribution in [3.63, 3.8) is 0 Å². The van der Waals surface area contributed by atoms with Crippen molar-refractivity contribution in [2.75, 3.05) is 10.2 Å². The minimum atomic E-state index is -0.526. The van der Waals surface area contributed by atoms with Gasteiger partial charge in [-0.2, -0.15) is 5.10 Å². The van der Waals surface area contributed by atoms with E-state index in [0.29, 0.717) is 24.2 Å². The summed E-state index contributed by atoms with van der Waals surface area (Å²) < 4.78 is 16.4. The lowest BCUT2D eigenvalue weighted by Crippen LogP contribution is -2.30. The van der Waals surface area contributed by atoms with Gasteiger partial charge in [0.25, 0.3) is 5.91 Å². The number of carbonyl (C=O) groups is 2. The van der Waals surface area contributed by atoms with E-state index in [4.69, 9.17) is 0 Å². The van der Waals surface area contributed by atoms with Crippen LogP contribution < -0.4 is 15.5 Å². The lowest BCUT2D eigenvalue weighted by Gasteiger charge is -2.23. The molecule has 2 amide bonds. The van der Waals surface area contributed by atoms with Crippen LogP contribution in [0.1, 0.15) is 40.4 Å². The normalized spacial score (nSPS) is 12.5. The number of aromatic nitrogens is 2. The van der Waals surface area contributed by atoms with Crippen molar-refractivity contribution in [2.45, 2.75) is 33.4 Å². The molecule has 1 aromatic heterocycles. The number of hydrogen-bond donors (Lipinski definition) is 2. The predicted molar refractivity (Wildman–Crippen MR) is 117 cm³/mol. The quantitative estimate of drug-likeness (QED) is 0.672. The second kappa shape index (κ2) is 8.22. The third kappa shape index (κ3) is 4.01. The number of anilines is 3. The highest BCUT2D eigenvalue weighted by molar-refractivity contribution is 6.08. The first-order valence-electron chi connectivity index (χ1n) is 10.1. The third-order valence-electron chi connectivity index (χ3n) is 5.38. The summed E-state index contributed by atoms with van der Waals surface area (Å²) in [5, 5.41) is 10.3. The molecule has 160 valence electrons. The minimum absolute atomic E-state index is 0.0851. The Bertz CT molecular complexity index is 1170. The summed E-state index contributed by atoms with van der Waals surface area (Å²) >= 11 is 0. The van der Waals surface area contributed by atoms with Crippen LogP contribution in [0.25, 0.3) is 0 Å². The molecular formula is C23H24FN5O2. The number of halogens is 1. The van der Waals surface area contributed by atoms with Crippen LogP contribution in [0.4, 0.5) is 21.6 Å². The molecule has 0 saturated carbocycles. The minimum Gasteiger partial charge on any atom is -0.352 e. The maximum absolute atomic E-state index is 14.7. The molecule has 2 N–H and O–H groups in total. The van der Waals surface area contributed by atoms with E-state index in [1.165, 1.54) is 6.07 Å². The van der Waals surface area contributed by atoms with Gasteiger partial charge in [-0.05, 0) is 36.8 Å². The van der Waals surface area contributed by atoms with Crippen LogP contribution in [0.5, 0.6) is 0 Å². The van der Waals surface area contributed by atoms with Crippen LogP contribution in [0.15, 0.2) is 42.6 Å². The molecule has 2 aromatic carbocycles. The lowest BCUT2D eigenvalue weighted by molar-refractivity contribution is -0.120. The van der Waals surface area contributed by atoms with Crippen molar-refractivity contribution in [3.05, 3.63) is 70.7 Å². The number of nitrogens with one attached hydrogen (secondary N) is 2. The number of benzene rings is 2. The molecular weight excluding hydrogens is 397 g/mol. The molecule has 1 aliphatic rings. The number of aryl methyl sites for hydroxylation is 2. The molecule has 0 spiro atoms. The van der Waals surface area contributed by atoms with Gasteiger partial charge >= 0.3 is 0 Å². The lowest BCUT2D eigenvalue weighted by atomic mass is 10.1. The fraction of sp³-hybridized carbons (Fsp3) is 0.261. The van der Waals surface area contributed by atoms with Gasteiger partial charge in [-0.15, -0.1) is 0 Å². The van der Waals surface area contributed by atoms with E-state index in [2.05, 4.69) is 15.7 Å². The molecule has 0 saturated heterocycles. The van der Waals surface area contributed by atoms with E-state index in [-0.39, 0.29) is 23.9 Å². The average Bonchev–Trinajstić information content (AvgIpc) is 3.00. The standard InChI is InChI=1S/C23H24FN5O2/c1-4-21(30)25-11-16-7-6-15(10-18(16)24)23(31)29-13-17-12-26-28(3)22(17)27-19-9-14(2)5-8-20(19)29/h5-10,12,27H,4,11,13H2,1-3H3,(H,25,30). The Morgan fingerprint density at radius 2 is 2.03 bits per heavy atom. The number of rotatable bonds is 4. The monoisotopic (exact) mass is 421 g/mol. The molecule has 4 rings (SSSR count). The molecule has 1 aliphatic heterocycles. The zero-order chi connectivity index (χ0) is 22.1. The van der Waals surface area contributed by atoms with Gasteiger partial charge in [0.05, 0.1) is 24.1 Å². The largest absolute Gasteiger partial charge is 0.352 e. The molecule has 0 bridgehead atoms. The second-order valence-electron chi connectivity index (χ2n) is 7.62. The Morgan fingerprint density at radius 1 is 1.23 bits per heavy atom. The molecule has 0 atom stereocenters. The molecule has 2 heterocycles. The zero-order valence-corrected chi connectivity index (χ0v) is 17.7. The highest BCUT2D eigenvalue weighted by Crippen LogP contribution is 2.37. The molecule has 0 aliphatic carbocycles. The highest BCUT2D eigenvalue weighted by atomic mass is 19.1. The molecule has 31 heavy (non-hydrogen) atoms. The summed E-state index contributed by atoms with van der Waals surface area (Å²) in [4.78, 5) is 26.5. The van der Waals surface area contributed by atoms with E-state index < -0.39 is 5.82 Å². The van der Waals surface area contributed by atoms with E-state index in [9.17, 15) is 14.0 Å². The maximum Gasteiger partial charge on any atom is 0.258 e. The van der Waals surface area contributed by atoms with E-state index >= 15 is 0 Å². The van der Waals surface area contributed by atoms with Crippen LogP contribution in [0.3, 0.4) is 0 Å². The van der Waals surface area contributed by atoms with Gasteiger partial charge in [0.1, 0.15) is 11.6 Å². The smallest absolute Gasteiger partial charge is 0.258 e.